The van der Waals surface area contributed by atoms with E-state index in [4.69, 9.17) is 9.47 Å². The van der Waals surface area contributed by atoms with Crippen LogP contribution in [0, 0.1) is 0 Å². The summed E-state index contributed by atoms with van der Waals surface area (Å²) in [5.74, 6) is 0. The van der Waals surface area contributed by atoms with E-state index in [1.165, 1.54) is 0 Å². The van der Waals surface area contributed by atoms with Crippen molar-refractivity contribution in [2.45, 2.75) is 31.6 Å². The molecule has 78 valence electrons. The van der Waals surface area contributed by atoms with E-state index >= 15 is 0 Å². The van der Waals surface area contributed by atoms with Crippen LogP contribution in [-0.4, -0.2) is 50.2 Å². The van der Waals surface area contributed by atoms with E-state index in [1.807, 2.05) is 6.92 Å². The van der Waals surface area contributed by atoms with Gasteiger partial charge in [0.15, 0.2) is 0 Å². The van der Waals surface area contributed by atoms with Gasteiger partial charge in [-0.05, 0) is 13.3 Å². The Bertz CT molecular complexity index is 143. The smallest absolute Gasteiger partial charge is 0.0897 e. The lowest BCUT2D eigenvalue weighted by Crippen LogP contribution is -2.40. The zero-order valence-electron chi connectivity index (χ0n) is 8.32. The van der Waals surface area contributed by atoms with Crippen LogP contribution in [0.5, 0.6) is 0 Å². The Hall–Kier alpha value is -0.160. The second-order valence-electron chi connectivity index (χ2n) is 3.49. The molecule has 1 saturated heterocycles. The Morgan fingerprint density at radius 3 is 3.00 bits per heavy atom. The van der Waals surface area contributed by atoms with Gasteiger partial charge in [-0.1, -0.05) is 0 Å². The second kappa shape index (κ2) is 5.54. The molecule has 0 aliphatic carbocycles. The Morgan fingerprint density at radius 1 is 1.69 bits per heavy atom. The Morgan fingerprint density at radius 2 is 2.46 bits per heavy atom. The van der Waals surface area contributed by atoms with Crippen molar-refractivity contribution in [1.82, 2.24) is 5.32 Å². The molecule has 3 unspecified atom stereocenters. The average molecular weight is 189 g/mol. The van der Waals surface area contributed by atoms with Gasteiger partial charge in [-0.25, -0.2) is 0 Å². The van der Waals surface area contributed by atoms with Gasteiger partial charge in [-0.15, -0.1) is 0 Å². The maximum absolute atomic E-state index is 9.37. The highest BCUT2D eigenvalue weighted by Crippen LogP contribution is 2.12. The summed E-state index contributed by atoms with van der Waals surface area (Å²) in [6.45, 7) is 3.83. The van der Waals surface area contributed by atoms with Gasteiger partial charge in [0.05, 0.1) is 18.8 Å². The first-order valence-corrected chi connectivity index (χ1v) is 4.76. The molecule has 0 bridgehead atoms. The summed E-state index contributed by atoms with van der Waals surface area (Å²) in [5, 5.41) is 12.6. The van der Waals surface area contributed by atoms with Crippen LogP contribution in [0.2, 0.25) is 0 Å². The molecule has 13 heavy (non-hydrogen) atoms. The highest BCUT2D eigenvalue weighted by molar-refractivity contribution is 4.79. The first-order chi connectivity index (χ1) is 6.24. The van der Waals surface area contributed by atoms with Crippen molar-refractivity contribution in [2.75, 3.05) is 26.9 Å². The van der Waals surface area contributed by atoms with Crippen molar-refractivity contribution in [3.05, 3.63) is 0 Å². The highest BCUT2D eigenvalue weighted by Gasteiger charge is 2.23. The zero-order valence-corrected chi connectivity index (χ0v) is 8.32. The number of nitrogens with one attached hydrogen (secondary N) is 1. The van der Waals surface area contributed by atoms with Crippen LogP contribution in [0.4, 0.5) is 0 Å². The van der Waals surface area contributed by atoms with Gasteiger partial charge in [0, 0.05) is 26.3 Å². The molecular formula is C9H19NO3. The number of aliphatic hydroxyl groups excluding tert-OH is 1. The van der Waals surface area contributed by atoms with Gasteiger partial charge in [-0.2, -0.15) is 0 Å². The normalized spacial score (nSPS) is 30.7. The van der Waals surface area contributed by atoms with E-state index in [1.54, 1.807) is 7.11 Å². The van der Waals surface area contributed by atoms with Gasteiger partial charge in [0.1, 0.15) is 0 Å². The molecular weight excluding hydrogens is 170 g/mol. The predicted molar refractivity (Wildman–Crippen MR) is 49.7 cm³/mol. The summed E-state index contributed by atoms with van der Waals surface area (Å²) < 4.78 is 10.2. The molecule has 0 aromatic heterocycles. The molecule has 1 heterocycles. The van der Waals surface area contributed by atoms with Crippen molar-refractivity contribution >= 4 is 0 Å². The lowest BCUT2D eigenvalue weighted by atomic mass is 10.1. The van der Waals surface area contributed by atoms with E-state index < -0.39 is 6.10 Å². The van der Waals surface area contributed by atoms with Crippen molar-refractivity contribution in [2.24, 2.45) is 0 Å². The maximum atomic E-state index is 9.37. The van der Waals surface area contributed by atoms with Crippen molar-refractivity contribution in [3.8, 4) is 0 Å². The third-order valence-corrected chi connectivity index (χ3v) is 2.35. The Labute approximate surface area is 79.2 Å². The Kier molecular flexibility index (Phi) is 4.66. The number of methoxy groups -OCH3 is 1. The number of hydrogen-bond donors (Lipinski definition) is 2. The first kappa shape index (κ1) is 10.9. The number of rotatable bonds is 5. The zero-order chi connectivity index (χ0) is 9.68. The molecule has 4 heteroatoms. The Balaban J connectivity index is 2.10. The van der Waals surface area contributed by atoms with Crippen LogP contribution in [0.15, 0.2) is 0 Å². The minimum Gasteiger partial charge on any atom is -0.389 e. The third kappa shape index (κ3) is 3.60. The summed E-state index contributed by atoms with van der Waals surface area (Å²) in [6, 6.07) is 0.381. The van der Waals surface area contributed by atoms with Crippen LogP contribution in [0.25, 0.3) is 0 Å². The molecule has 2 N–H and O–H groups in total. The summed E-state index contributed by atoms with van der Waals surface area (Å²) in [7, 11) is 1.59. The van der Waals surface area contributed by atoms with Crippen molar-refractivity contribution < 1.29 is 14.6 Å². The molecule has 3 atom stereocenters. The first-order valence-electron chi connectivity index (χ1n) is 4.76. The number of hydrogen-bond acceptors (Lipinski definition) is 4. The average Bonchev–Trinajstić information content (AvgIpc) is 2.48. The van der Waals surface area contributed by atoms with Gasteiger partial charge in [0.2, 0.25) is 0 Å². The minimum atomic E-state index is -0.419. The fourth-order valence-electron chi connectivity index (χ4n) is 1.54. The third-order valence-electron chi connectivity index (χ3n) is 2.35. The topological polar surface area (TPSA) is 50.7 Å². The fraction of sp³-hybridized carbons (Fsp3) is 1.00. The fourth-order valence-corrected chi connectivity index (χ4v) is 1.54. The SMILES string of the molecule is COCC(O)CNC1CCOC1C. The van der Waals surface area contributed by atoms with E-state index in [2.05, 4.69) is 5.32 Å². The molecule has 4 nitrogen and oxygen atoms in total. The summed E-state index contributed by atoms with van der Waals surface area (Å²) >= 11 is 0. The van der Waals surface area contributed by atoms with E-state index in [9.17, 15) is 5.11 Å². The molecule has 1 aliphatic heterocycles. The maximum Gasteiger partial charge on any atom is 0.0897 e. The largest absolute Gasteiger partial charge is 0.389 e. The van der Waals surface area contributed by atoms with Gasteiger partial charge >= 0.3 is 0 Å². The standard InChI is InChI=1S/C9H19NO3/c1-7-9(3-4-13-7)10-5-8(11)6-12-2/h7-11H,3-6H2,1-2H3. The molecule has 0 radical (unpaired) electrons. The monoisotopic (exact) mass is 189 g/mol. The van der Waals surface area contributed by atoms with E-state index in [0.717, 1.165) is 13.0 Å². The minimum absolute atomic E-state index is 0.259. The second-order valence-corrected chi connectivity index (χ2v) is 3.49. The quantitative estimate of drug-likeness (QED) is 0.627. The molecule has 0 aromatic rings. The summed E-state index contributed by atoms with van der Waals surface area (Å²) in [4.78, 5) is 0. The van der Waals surface area contributed by atoms with Crippen LogP contribution in [0.3, 0.4) is 0 Å². The molecule has 0 amide bonds. The van der Waals surface area contributed by atoms with Crippen LogP contribution in [-0.2, 0) is 9.47 Å². The lowest BCUT2D eigenvalue weighted by molar-refractivity contribution is 0.0586. The van der Waals surface area contributed by atoms with Crippen molar-refractivity contribution in [3.63, 3.8) is 0 Å². The van der Waals surface area contributed by atoms with Gasteiger partial charge < -0.3 is 19.9 Å². The summed E-state index contributed by atoms with van der Waals surface area (Å²) in [6.07, 6.45) is 0.869. The molecule has 1 rings (SSSR count). The van der Waals surface area contributed by atoms with E-state index in [0.29, 0.717) is 19.2 Å². The van der Waals surface area contributed by atoms with E-state index in [-0.39, 0.29) is 6.10 Å². The van der Waals surface area contributed by atoms with Crippen LogP contribution >= 0.6 is 0 Å². The highest BCUT2D eigenvalue weighted by atomic mass is 16.5. The van der Waals surface area contributed by atoms with Crippen LogP contribution in [0.1, 0.15) is 13.3 Å². The summed E-state index contributed by atoms with van der Waals surface area (Å²) in [5.41, 5.74) is 0. The number of aliphatic hydroxyl groups is 1. The lowest BCUT2D eigenvalue weighted by Gasteiger charge is -2.18. The predicted octanol–water partition coefficient (Wildman–Crippen LogP) is -0.239. The van der Waals surface area contributed by atoms with Gasteiger partial charge in [-0.3, -0.25) is 0 Å². The van der Waals surface area contributed by atoms with Crippen LogP contribution < -0.4 is 5.32 Å². The molecule has 0 spiro atoms. The molecule has 0 aromatic carbocycles. The van der Waals surface area contributed by atoms with Gasteiger partial charge in [0.25, 0.3) is 0 Å². The molecule has 1 aliphatic rings. The molecule has 1 fully saturated rings. The van der Waals surface area contributed by atoms with Crippen molar-refractivity contribution in [1.29, 1.82) is 0 Å². The molecule has 0 saturated carbocycles. The number of ether oxygens (including phenoxy) is 2.